The van der Waals surface area contributed by atoms with Gasteiger partial charge in [0.1, 0.15) is 5.60 Å². The van der Waals surface area contributed by atoms with E-state index in [1.165, 1.54) is 5.57 Å². The molecule has 28 heavy (non-hydrogen) atoms. The van der Waals surface area contributed by atoms with Gasteiger partial charge in [-0.2, -0.15) is 0 Å². The molecule has 0 radical (unpaired) electrons. The van der Waals surface area contributed by atoms with Gasteiger partial charge in [-0.05, 0) is 56.5 Å². The summed E-state index contributed by atoms with van der Waals surface area (Å²) in [5, 5.41) is 1.06. The first-order valence-electron chi connectivity index (χ1n) is 9.59. The maximum Gasteiger partial charge on any atom is 0.411 e. The van der Waals surface area contributed by atoms with E-state index in [1.54, 1.807) is 7.11 Å². The van der Waals surface area contributed by atoms with Crippen molar-refractivity contribution in [2.45, 2.75) is 44.9 Å². The van der Waals surface area contributed by atoms with Crippen LogP contribution < -0.4 is 4.74 Å². The second kappa shape index (κ2) is 7.09. The summed E-state index contributed by atoms with van der Waals surface area (Å²) in [6.45, 7) is 6.69. The van der Waals surface area contributed by atoms with Crippen LogP contribution in [0, 0.1) is 0 Å². The molecule has 1 aromatic heterocycles. The molecular formula is C22H26N2O4. The highest BCUT2D eigenvalue weighted by Crippen LogP contribution is 2.34. The quantitative estimate of drug-likeness (QED) is 0.785. The van der Waals surface area contributed by atoms with Crippen LogP contribution >= 0.6 is 0 Å². The van der Waals surface area contributed by atoms with Crippen LogP contribution in [0.5, 0.6) is 5.88 Å². The van der Waals surface area contributed by atoms with Gasteiger partial charge in [-0.3, -0.25) is 4.90 Å². The molecule has 1 fully saturated rings. The number of benzene rings is 1. The molecule has 2 aliphatic rings. The van der Waals surface area contributed by atoms with Crippen molar-refractivity contribution < 1.29 is 19.0 Å². The fourth-order valence-corrected chi connectivity index (χ4v) is 3.83. The molecule has 0 N–H and O–H groups in total. The maximum absolute atomic E-state index is 12.7. The maximum atomic E-state index is 12.7. The summed E-state index contributed by atoms with van der Waals surface area (Å²) in [6.07, 6.45) is 2.61. The summed E-state index contributed by atoms with van der Waals surface area (Å²) in [5.41, 5.74) is 2.78. The highest BCUT2D eigenvalue weighted by atomic mass is 16.6. The van der Waals surface area contributed by atoms with Gasteiger partial charge in [-0.15, -0.1) is 0 Å². The summed E-state index contributed by atoms with van der Waals surface area (Å²) in [4.78, 5) is 19.0. The van der Waals surface area contributed by atoms with Gasteiger partial charge in [0.15, 0.2) is 0 Å². The number of methoxy groups -OCH3 is 1. The second-order valence-corrected chi connectivity index (χ2v) is 8.30. The Morgan fingerprint density at radius 1 is 1.21 bits per heavy atom. The molecule has 0 aliphatic carbocycles. The Bertz CT molecular complexity index is 932. The van der Waals surface area contributed by atoms with Crippen LogP contribution in [0.15, 0.2) is 36.4 Å². The molecule has 3 heterocycles. The zero-order chi connectivity index (χ0) is 19.9. The van der Waals surface area contributed by atoms with E-state index < -0.39 is 5.60 Å². The van der Waals surface area contributed by atoms with Crippen LogP contribution in [0.25, 0.3) is 16.5 Å². The summed E-state index contributed by atoms with van der Waals surface area (Å²) in [7, 11) is 1.62. The molecule has 1 aromatic carbocycles. The van der Waals surface area contributed by atoms with Crippen molar-refractivity contribution in [2.75, 3.05) is 20.3 Å². The predicted octanol–water partition coefficient (Wildman–Crippen LogP) is 4.04. The Morgan fingerprint density at radius 2 is 2.04 bits per heavy atom. The second-order valence-electron chi connectivity index (χ2n) is 8.30. The number of amides is 1. The third-order valence-corrected chi connectivity index (χ3v) is 5.05. The highest BCUT2D eigenvalue weighted by Gasteiger charge is 2.40. The van der Waals surface area contributed by atoms with Crippen LogP contribution in [0.4, 0.5) is 4.79 Å². The van der Waals surface area contributed by atoms with E-state index in [2.05, 4.69) is 23.2 Å². The molecule has 2 atom stereocenters. The smallest absolute Gasteiger partial charge is 0.411 e. The van der Waals surface area contributed by atoms with Gasteiger partial charge in [0.25, 0.3) is 0 Å². The van der Waals surface area contributed by atoms with Crippen LogP contribution in [-0.4, -0.2) is 54.0 Å². The van der Waals surface area contributed by atoms with Gasteiger partial charge in [0, 0.05) is 11.5 Å². The monoisotopic (exact) mass is 382 g/mol. The number of carbonyl (C=O) groups excluding carboxylic acids is 1. The molecule has 0 spiro atoms. The number of ether oxygens (including phenoxy) is 3. The van der Waals surface area contributed by atoms with E-state index in [1.807, 2.05) is 43.9 Å². The third-order valence-electron chi connectivity index (χ3n) is 5.05. The van der Waals surface area contributed by atoms with Crippen molar-refractivity contribution in [1.29, 1.82) is 0 Å². The highest BCUT2D eigenvalue weighted by molar-refractivity contribution is 5.84. The average molecular weight is 382 g/mol. The first kappa shape index (κ1) is 18.7. The number of hydrogen-bond donors (Lipinski definition) is 0. The minimum Gasteiger partial charge on any atom is -0.481 e. The third kappa shape index (κ3) is 3.69. The normalized spacial score (nSPS) is 22.0. The van der Waals surface area contributed by atoms with E-state index in [0.29, 0.717) is 19.1 Å². The Hall–Kier alpha value is -2.60. The lowest BCUT2D eigenvalue weighted by molar-refractivity contribution is -0.0510. The molecule has 6 nitrogen and oxygen atoms in total. The molecule has 2 aromatic rings. The minimum atomic E-state index is -0.511. The lowest BCUT2D eigenvalue weighted by atomic mass is 9.89. The lowest BCUT2D eigenvalue weighted by Gasteiger charge is -2.44. The Morgan fingerprint density at radius 3 is 2.75 bits per heavy atom. The van der Waals surface area contributed by atoms with Gasteiger partial charge < -0.3 is 14.2 Å². The number of morpholine rings is 1. The average Bonchev–Trinajstić information content (AvgIpc) is 2.64. The zero-order valence-corrected chi connectivity index (χ0v) is 16.8. The minimum absolute atomic E-state index is 0.0155. The van der Waals surface area contributed by atoms with Crippen molar-refractivity contribution in [3.8, 4) is 5.88 Å². The molecule has 1 amide bonds. The number of carbonyl (C=O) groups is 1. The first-order valence-corrected chi connectivity index (χ1v) is 9.59. The van der Waals surface area contributed by atoms with Gasteiger partial charge in [0.2, 0.25) is 5.88 Å². The van der Waals surface area contributed by atoms with Crippen LogP contribution in [-0.2, 0) is 9.47 Å². The van der Waals surface area contributed by atoms with E-state index in [9.17, 15) is 4.79 Å². The van der Waals surface area contributed by atoms with Crippen molar-refractivity contribution >= 4 is 22.6 Å². The fraction of sp³-hybridized carbons (Fsp3) is 0.455. The molecule has 2 aliphatic heterocycles. The number of rotatable bonds is 2. The van der Waals surface area contributed by atoms with Crippen LogP contribution in [0.1, 0.15) is 32.8 Å². The van der Waals surface area contributed by atoms with Crippen molar-refractivity contribution in [3.05, 3.63) is 42.0 Å². The van der Waals surface area contributed by atoms with Gasteiger partial charge in [0.05, 0.1) is 37.9 Å². The predicted molar refractivity (Wildman–Crippen MR) is 107 cm³/mol. The van der Waals surface area contributed by atoms with Crippen molar-refractivity contribution in [1.82, 2.24) is 9.88 Å². The molecule has 1 saturated heterocycles. The van der Waals surface area contributed by atoms with Gasteiger partial charge >= 0.3 is 6.09 Å². The topological polar surface area (TPSA) is 60.9 Å². The Labute approximate surface area is 165 Å². The molecule has 2 bridgehead atoms. The summed E-state index contributed by atoms with van der Waals surface area (Å²) >= 11 is 0. The van der Waals surface area contributed by atoms with E-state index in [4.69, 9.17) is 14.2 Å². The first-order chi connectivity index (χ1) is 13.3. The molecule has 0 saturated carbocycles. The molecule has 148 valence electrons. The van der Waals surface area contributed by atoms with Crippen LogP contribution in [0.2, 0.25) is 0 Å². The SMILES string of the molecule is COc1ccc2cc(C3=CC4COCC(C3)N4C(=O)OC(C)(C)C)ccc2n1. The summed E-state index contributed by atoms with van der Waals surface area (Å²) in [5.74, 6) is 0.608. The lowest BCUT2D eigenvalue weighted by Crippen LogP contribution is -2.57. The zero-order valence-electron chi connectivity index (χ0n) is 16.8. The van der Waals surface area contributed by atoms with E-state index >= 15 is 0 Å². The largest absolute Gasteiger partial charge is 0.481 e. The number of fused-ring (bicyclic) bond motifs is 3. The molecule has 4 rings (SSSR count). The number of pyridine rings is 1. The van der Waals surface area contributed by atoms with Crippen molar-refractivity contribution in [2.24, 2.45) is 0 Å². The van der Waals surface area contributed by atoms with E-state index in [-0.39, 0.29) is 18.2 Å². The Balaban J connectivity index is 1.63. The molecule has 2 unspecified atom stereocenters. The standard InChI is InChI=1S/C22H26N2O4/c1-22(2,3)28-21(25)24-17-10-16(11-18(24)13-27-12-17)14-5-7-19-15(9-14)6-8-20(23-19)26-4/h5-10,17-18H,11-13H2,1-4H3. The number of aromatic nitrogens is 1. The van der Waals surface area contributed by atoms with Crippen LogP contribution in [0.3, 0.4) is 0 Å². The fourth-order valence-electron chi connectivity index (χ4n) is 3.83. The van der Waals surface area contributed by atoms with Crippen molar-refractivity contribution in [3.63, 3.8) is 0 Å². The van der Waals surface area contributed by atoms with Gasteiger partial charge in [-0.1, -0.05) is 12.1 Å². The summed E-state index contributed by atoms with van der Waals surface area (Å²) < 4.78 is 16.5. The molecular weight excluding hydrogens is 356 g/mol. The number of nitrogens with zero attached hydrogens (tertiary/aromatic N) is 2. The summed E-state index contributed by atoms with van der Waals surface area (Å²) in [6, 6.07) is 10.0. The molecule has 6 heteroatoms. The Kier molecular flexibility index (Phi) is 4.75. The van der Waals surface area contributed by atoms with Gasteiger partial charge in [-0.25, -0.2) is 9.78 Å². The number of hydrogen-bond acceptors (Lipinski definition) is 5. The van der Waals surface area contributed by atoms with E-state index in [0.717, 1.165) is 22.9 Å².